The number of anilines is 1. The minimum atomic E-state index is -0.320. The van der Waals surface area contributed by atoms with Crippen molar-refractivity contribution in [2.24, 2.45) is 0 Å². The first-order valence-corrected chi connectivity index (χ1v) is 7.78. The van der Waals surface area contributed by atoms with Gasteiger partial charge < -0.3 is 16.0 Å². The Balaban J connectivity index is 1.95. The van der Waals surface area contributed by atoms with Gasteiger partial charge in [-0.15, -0.1) is 11.3 Å². The maximum atomic E-state index is 12.2. The van der Waals surface area contributed by atoms with Crippen molar-refractivity contribution in [1.29, 1.82) is 0 Å². The first-order chi connectivity index (χ1) is 10.1. The molecule has 4 rings (SSSR count). The quantitative estimate of drug-likeness (QED) is 0.675. The van der Waals surface area contributed by atoms with Crippen LogP contribution in [0.3, 0.4) is 0 Å². The highest BCUT2D eigenvalue weighted by molar-refractivity contribution is 7.15. The Morgan fingerprint density at radius 3 is 2.90 bits per heavy atom. The van der Waals surface area contributed by atoms with Crippen LogP contribution in [0.2, 0.25) is 0 Å². The van der Waals surface area contributed by atoms with Gasteiger partial charge in [-0.2, -0.15) is 0 Å². The van der Waals surface area contributed by atoms with Crippen LogP contribution in [0.25, 0.3) is 6.08 Å². The maximum absolute atomic E-state index is 12.2. The molecule has 2 aliphatic heterocycles. The number of thiophene rings is 1. The normalized spacial score (nSPS) is 29.5. The fourth-order valence-corrected chi connectivity index (χ4v) is 4.48. The second kappa shape index (κ2) is 4.21. The van der Waals surface area contributed by atoms with E-state index in [4.69, 9.17) is 0 Å². The number of carbonyl (C=O) groups excluding carboxylic acids is 2. The van der Waals surface area contributed by atoms with E-state index in [2.05, 4.69) is 22.9 Å². The molecule has 0 radical (unpaired) electrons. The Hall–Kier alpha value is -2.08. The SMILES string of the molecule is CC12C=CC(=O)NC1C=Cc1sc3c(c12)NCCNC3=O. The van der Waals surface area contributed by atoms with Gasteiger partial charge in [0.25, 0.3) is 5.91 Å². The lowest BCUT2D eigenvalue weighted by Crippen LogP contribution is -2.50. The van der Waals surface area contributed by atoms with Crippen molar-refractivity contribution in [2.45, 2.75) is 18.4 Å². The van der Waals surface area contributed by atoms with E-state index in [9.17, 15) is 9.59 Å². The summed E-state index contributed by atoms with van der Waals surface area (Å²) in [6, 6.07) is -0.0747. The molecular formula is C15H15N3O2S. The van der Waals surface area contributed by atoms with Gasteiger partial charge in [-0.1, -0.05) is 12.2 Å². The molecule has 0 aromatic carbocycles. The van der Waals surface area contributed by atoms with Crippen molar-refractivity contribution in [3.63, 3.8) is 0 Å². The minimum absolute atomic E-state index is 0.0215. The van der Waals surface area contributed by atoms with Crippen LogP contribution < -0.4 is 16.0 Å². The summed E-state index contributed by atoms with van der Waals surface area (Å²) in [4.78, 5) is 25.6. The molecule has 6 heteroatoms. The molecule has 0 spiro atoms. The highest BCUT2D eigenvalue weighted by Gasteiger charge is 2.43. The molecule has 0 saturated carbocycles. The number of carbonyl (C=O) groups is 2. The van der Waals surface area contributed by atoms with E-state index in [1.54, 1.807) is 6.08 Å². The van der Waals surface area contributed by atoms with E-state index < -0.39 is 0 Å². The largest absolute Gasteiger partial charge is 0.382 e. The molecule has 2 unspecified atom stereocenters. The molecule has 1 aromatic rings. The van der Waals surface area contributed by atoms with Crippen molar-refractivity contribution >= 4 is 34.9 Å². The molecule has 0 fully saturated rings. The highest BCUT2D eigenvalue weighted by Crippen LogP contribution is 2.48. The zero-order chi connectivity index (χ0) is 14.6. The summed E-state index contributed by atoms with van der Waals surface area (Å²) >= 11 is 1.51. The van der Waals surface area contributed by atoms with Crippen LogP contribution in [-0.4, -0.2) is 30.9 Å². The van der Waals surface area contributed by atoms with Crippen LogP contribution in [-0.2, 0) is 10.2 Å². The number of hydrogen-bond donors (Lipinski definition) is 3. The molecule has 2 atom stereocenters. The van der Waals surface area contributed by atoms with Crippen LogP contribution in [0.15, 0.2) is 18.2 Å². The molecule has 3 heterocycles. The van der Waals surface area contributed by atoms with Gasteiger partial charge >= 0.3 is 0 Å². The molecule has 1 aliphatic carbocycles. The molecule has 108 valence electrons. The van der Waals surface area contributed by atoms with E-state index in [0.717, 1.165) is 21.0 Å². The Morgan fingerprint density at radius 2 is 2.05 bits per heavy atom. The van der Waals surface area contributed by atoms with Gasteiger partial charge in [-0.25, -0.2) is 0 Å². The third kappa shape index (κ3) is 1.68. The molecule has 0 saturated heterocycles. The lowest BCUT2D eigenvalue weighted by Gasteiger charge is -2.39. The molecule has 3 N–H and O–H groups in total. The van der Waals surface area contributed by atoms with Gasteiger partial charge in [-0.05, 0) is 19.1 Å². The van der Waals surface area contributed by atoms with Gasteiger partial charge in [0.15, 0.2) is 0 Å². The Bertz CT molecular complexity index is 719. The van der Waals surface area contributed by atoms with Crippen LogP contribution in [0.4, 0.5) is 5.69 Å². The van der Waals surface area contributed by atoms with Crippen LogP contribution >= 0.6 is 11.3 Å². The monoisotopic (exact) mass is 301 g/mol. The van der Waals surface area contributed by atoms with E-state index in [1.165, 1.54) is 11.3 Å². The lowest BCUT2D eigenvalue weighted by molar-refractivity contribution is -0.117. The summed E-state index contributed by atoms with van der Waals surface area (Å²) < 4.78 is 0. The van der Waals surface area contributed by atoms with Crippen molar-refractivity contribution in [1.82, 2.24) is 10.6 Å². The van der Waals surface area contributed by atoms with Crippen molar-refractivity contribution in [3.8, 4) is 0 Å². The van der Waals surface area contributed by atoms with Gasteiger partial charge in [0.1, 0.15) is 4.88 Å². The van der Waals surface area contributed by atoms with Gasteiger partial charge in [0.05, 0.1) is 11.7 Å². The van der Waals surface area contributed by atoms with Gasteiger partial charge in [-0.3, -0.25) is 9.59 Å². The zero-order valence-electron chi connectivity index (χ0n) is 11.5. The fourth-order valence-electron chi connectivity index (χ4n) is 3.25. The minimum Gasteiger partial charge on any atom is -0.382 e. The average molecular weight is 301 g/mol. The summed E-state index contributed by atoms with van der Waals surface area (Å²) in [6.45, 7) is 3.44. The van der Waals surface area contributed by atoms with Crippen LogP contribution in [0, 0.1) is 0 Å². The van der Waals surface area contributed by atoms with Crippen molar-refractivity contribution in [3.05, 3.63) is 33.5 Å². The van der Waals surface area contributed by atoms with Crippen molar-refractivity contribution < 1.29 is 9.59 Å². The smallest absolute Gasteiger partial charge is 0.263 e. The highest BCUT2D eigenvalue weighted by atomic mass is 32.1. The third-order valence-corrected chi connectivity index (χ3v) is 5.51. The Kier molecular flexibility index (Phi) is 2.53. The summed E-state index contributed by atoms with van der Waals surface area (Å²) in [6.07, 6.45) is 7.56. The number of nitrogens with one attached hydrogen (secondary N) is 3. The topological polar surface area (TPSA) is 70.2 Å². The van der Waals surface area contributed by atoms with Crippen molar-refractivity contribution in [2.75, 3.05) is 18.4 Å². The molecule has 0 bridgehead atoms. The maximum Gasteiger partial charge on any atom is 0.263 e. The first-order valence-electron chi connectivity index (χ1n) is 6.97. The number of rotatable bonds is 0. The Labute approximate surface area is 126 Å². The molecule has 5 nitrogen and oxygen atoms in total. The van der Waals surface area contributed by atoms with Gasteiger partial charge in [0, 0.05) is 28.9 Å². The number of hydrogen-bond acceptors (Lipinski definition) is 4. The predicted octanol–water partition coefficient (Wildman–Crippen LogP) is 1.24. The zero-order valence-corrected chi connectivity index (χ0v) is 12.3. The third-order valence-electron chi connectivity index (χ3n) is 4.36. The molecule has 3 aliphatic rings. The van der Waals surface area contributed by atoms with Gasteiger partial charge in [0.2, 0.25) is 5.91 Å². The second-order valence-electron chi connectivity index (χ2n) is 5.69. The van der Waals surface area contributed by atoms with Crippen LogP contribution in [0.5, 0.6) is 0 Å². The molecule has 21 heavy (non-hydrogen) atoms. The average Bonchev–Trinajstić information content (AvgIpc) is 2.75. The van der Waals surface area contributed by atoms with Crippen LogP contribution in [0.1, 0.15) is 27.0 Å². The second-order valence-corrected chi connectivity index (χ2v) is 6.74. The number of amides is 2. The van der Waals surface area contributed by atoms with E-state index in [0.29, 0.717) is 13.1 Å². The molecular weight excluding hydrogens is 286 g/mol. The molecule has 2 amide bonds. The Morgan fingerprint density at radius 1 is 1.24 bits per heavy atom. The number of fused-ring (bicyclic) bond motifs is 5. The van der Waals surface area contributed by atoms with E-state index in [1.807, 2.05) is 18.2 Å². The fraction of sp³-hybridized carbons (Fsp3) is 0.333. The summed E-state index contributed by atoms with van der Waals surface area (Å²) in [5.74, 6) is -0.0932. The summed E-state index contributed by atoms with van der Waals surface area (Å²) in [5.41, 5.74) is 1.71. The summed E-state index contributed by atoms with van der Waals surface area (Å²) in [5, 5.41) is 9.27. The predicted molar refractivity (Wildman–Crippen MR) is 82.6 cm³/mol. The first kappa shape index (κ1) is 12.6. The van der Waals surface area contributed by atoms with E-state index in [-0.39, 0.29) is 23.3 Å². The lowest BCUT2D eigenvalue weighted by atomic mass is 9.71. The standard InChI is InChI=1S/C15H15N3O2S/c1-15-5-4-10(19)18-9(15)3-2-8-11(15)12-13(21-8)14(20)17-7-6-16-12/h2-5,9,16H,6-7H2,1H3,(H,17,20)(H,18,19). The van der Waals surface area contributed by atoms with E-state index >= 15 is 0 Å². The molecule has 1 aromatic heterocycles. The summed E-state index contributed by atoms with van der Waals surface area (Å²) in [7, 11) is 0.